The average Bonchev–Trinajstić information content (AvgIpc) is 2.35. The van der Waals surface area contributed by atoms with Crippen LogP contribution in [0.1, 0.15) is 12.0 Å². The minimum Gasteiger partial charge on any atom is -0.481 e. The molecule has 1 aromatic rings. The van der Waals surface area contributed by atoms with Crippen molar-refractivity contribution in [3.05, 3.63) is 23.8 Å². The highest BCUT2D eigenvalue weighted by Gasteiger charge is 2.22. The first-order valence-electron chi connectivity index (χ1n) is 5.41. The van der Waals surface area contributed by atoms with Crippen LogP contribution in [-0.2, 0) is 9.59 Å². The normalized spacial score (nSPS) is 13.5. The topological polar surface area (TPSA) is 93.4 Å². The van der Waals surface area contributed by atoms with Gasteiger partial charge in [0.25, 0.3) is 0 Å². The van der Waals surface area contributed by atoms with Crippen LogP contribution in [0, 0.1) is 11.3 Å². The number of fused-ring (bicyclic) bond motifs is 1. The van der Waals surface area contributed by atoms with Gasteiger partial charge < -0.3 is 15.3 Å². The molecule has 6 nitrogen and oxygen atoms in total. The second-order valence-electron chi connectivity index (χ2n) is 3.96. The molecule has 0 spiro atoms. The van der Waals surface area contributed by atoms with E-state index in [1.54, 1.807) is 23.1 Å². The first-order valence-corrected chi connectivity index (χ1v) is 5.41. The van der Waals surface area contributed by atoms with Crippen molar-refractivity contribution in [3.8, 4) is 6.07 Å². The molecule has 0 saturated heterocycles. The summed E-state index contributed by atoms with van der Waals surface area (Å²) in [6.45, 7) is 0.347. The minimum absolute atomic E-state index is 0.0521. The lowest BCUT2D eigenvalue weighted by atomic mass is 10.1. The van der Waals surface area contributed by atoms with Crippen LogP contribution < -0.4 is 10.2 Å². The predicted octanol–water partition coefficient (Wildman–Crippen LogP) is 0.791. The van der Waals surface area contributed by atoms with E-state index >= 15 is 0 Å². The van der Waals surface area contributed by atoms with Crippen molar-refractivity contribution in [3.63, 3.8) is 0 Å². The third kappa shape index (κ3) is 2.40. The van der Waals surface area contributed by atoms with Crippen LogP contribution in [0.5, 0.6) is 0 Å². The third-order valence-electron chi connectivity index (χ3n) is 2.67. The van der Waals surface area contributed by atoms with Crippen LogP contribution in [0.25, 0.3) is 0 Å². The fourth-order valence-corrected chi connectivity index (χ4v) is 1.85. The molecular weight excluding hydrogens is 234 g/mol. The summed E-state index contributed by atoms with van der Waals surface area (Å²) in [4.78, 5) is 23.7. The summed E-state index contributed by atoms with van der Waals surface area (Å²) < 4.78 is 0. The van der Waals surface area contributed by atoms with Gasteiger partial charge in [0.15, 0.2) is 0 Å². The number of carboxylic acids is 1. The van der Waals surface area contributed by atoms with Gasteiger partial charge in [-0.3, -0.25) is 9.59 Å². The van der Waals surface area contributed by atoms with Gasteiger partial charge in [0, 0.05) is 6.54 Å². The van der Waals surface area contributed by atoms with Gasteiger partial charge in [0.05, 0.1) is 36.0 Å². The standard InChI is InChI=1S/C12H11N3O3/c13-6-8-1-2-9-10(5-8)15(4-3-12(17)18)7-11(16)14-9/h1-2,5H,3-4,7H2,(H,14,16)(H,17,18). The summed E-state index contributed by atoms with van der Waals surface area (Å²) >= 11 is 0. The summed E-state index contributed by atoms with van der Waals surface area (Å²) in [6, 6.07) is 6.93. The molecule has 1 amide bonds. The molecule has 0 aliphatic carbocycles. The van der Waals surface area contributed by atoms with E-state index < -0.39 is 5.97 Å². The molecular formula is C12H11N3O3. The number of carbonyl (C=O) groups excluding carboxylic acids is 1. The highest BCUT2D eigenvalue weighted by atomic mass is 16.4. The Morgan fingerprint density at radius 2 is 2.33 bits per heavy atom. The number of nitrogens with zero attached hydrogens (tertiary/aromatic N) is 2. The molecule has 2 rings (SSSR count). The Balaban J connectivity index is 2.30. The second-order valence-corrected chi connectivity index (χ2v) is 3.96. The summed E-state index contributed by atoms with van der Waals surface area (Å²) in [6.07, 6.45) is -0.0521. The lowest BCUT2D eigenvalue weighted by Gasteiger charge is -2.30. The lowest BCUT2D eigenvalue weighted by Crippen LogP contribution is -2.39. The smallest absolute Gasteiger partial charge is 0.305 e. The molecule has 0 aromatic heterocycles. The number of hydrogen-bond acceptors (Lipinski definition) is 4. The molecule has 92 valence electrons. The molecule has 2 N–H and O–H groups in total. The molecule has 0 atom stereocenters. The molecule has 0 radical (unpaired) electrons. The number of aliphatic carboxylic acids is 1. The highest BCUT2D eigenvalue weighted by molar-refractivity contribution is 6.01. The zero-order valence-electron chi connectivity index (χ0n) is 9.51. The number of hydrogen-bond donors (Lipinski definition) is 2. The van der Waals surface area contributed by atoms with Crippen molar-refractivity contribution in [2.45, 2.75) is 6.42 Å². The fraction of sp³-hybridized carbons (Fsp3) is 0.250. The Morgan fingerprint density at radius 3 is 3.00 bits per heavy atom. The molecule has 0 unspecified atom stereocenters. The van der Waals surface area contributed by atoms with Crippen LogP contribution >= 0.6 is 0 Å². The predicted molar refractivity (Wildman–Crippen MR) is 64.3 cm³/mol. The number of amides is 1. The van der Waals surface area contributed by atoms with Crippen LogP contribution in [0.2, 0.25) is 0 Å². The van der Waals surface area contributed by atoms with Gasteiger partial charge in [0.1, 0.15) is 0 Å². The van der Waals surface area contributed by atoms with E-state index in [1.165, 1.54) is 0 Å². The van der Waals surface area contributed by atoms with E-state index in [0.29, 0.717) is 16.9 Å². The Bertz CT molecular complexity index is 548. The number of nitriles is 1. The molecule has 0 saturated carbocycles. The Morgan fingerprint density at radius 1 is 1.56 bits per heavy atom. The van der Waals surface area contributed by atoms with Gasteiger partial charge >= 0.3 is 5.97 Å². The zero-order chi connectivity index (χ0) is 13.1. The molecule has 18 heavy (non-hydrogen) atoms. The van der Waals surface area contributed by atoms with Crippen molar-refractivity contribution in [1.82, 2.24) is 0 Å². The van der Waals surface area contributed by atoms with Gasteiger partial charge in [-0.15, -0.1) is 0 Å². The summed E-state index contributed by atoms with van der Waals surface area (Å²) in [7, 11) is 0. The first-order chi connectivity index (χ1) is 8.60. The molecule has 6 heteroatoms. The van der Waals surface area contributed by atoms with E-state index in [2.05, 4.69) is 5.32 Å². The van der Waals surface area contributed by atoms with Crippen LogP contribution in [0.15, 0.2) is 18.2 Å². The molecule has 1 aromatic carbocycles. The van der Waals surface area contributed by atoms with Crippen LogP contribution in [0.4, 0.5) is 11.4 Å². The molecule has 1 aliphatic heterocycles. The number of nitrogens with one attached hydrogen (secondary N) is 1. The second kappa shape index (κ2) is 4.75. The van der Waals surface area contributed by atoms with E-state index in [-0.39, 0.29) is 25.4 Å². The maximum absolute atomic E-state index is 11.5. The Kier molecular flexibility index (Phi) is 3.15. The van der Waals surface area contributed by atoms with Crippen molar-refractivity contribution < 1.29 is 14.7 Å². The van der Waals surface area contributed by atoms with Crippen molar-refractivity contribution >= 4 is 23.3 Å². The maximum atomic E-state index is 11.5. The Labute approximate surface area is 103 Å². The molecule has 0 bridgehead atoms. The fourth-order valence-electron chi connectivity index (χ4n) is 1.85. The maximum Gasteiger partial charge on any atom is 0.305 e. The van der Waals surface area contributed by atoms with E-state index in [4.69, 9.17) is 10.4 Å². The van der Waals surface area contributed by atoms with E-state index in [1.807, 2.05) is 6.07 Å². The zero-order valence-corrected chi connectivity index (χ0v) is 9.51. The van der Waals surface area contributed by atoms with E-state index in [9.17, 15) is 9.59 Å². The molecule has 1 heterocycles. The summed E-state index contributed by atoms with van der Waals surface area (Å²) in [5.41, 5.74) is 1.77. The van der Waals surface area contributed by atoms with Crippen LogP contribution in [-0.4, -0.2) is 30.1 Å². The number of carbonyl (C=O) groups is 2. The largest absolute Gasteiger partial charge is 0.481 e. The van der Waals surface area contributed by atoms with E-state index in [0.717, 1.165) is 0 Å². The first kappa shape index (κ1) is 11.9. The van der Waals surface area contributed by atoms with Crippen molar-refractivity contribution in [1.29, 1.82) is 5.26 Å². The van der Waals surface area contributed by atoms with Crippen LogP contribution in [0.3, 0.4) is 0 Å². The summed E-state index contributed by atoms with van der Waals surface area (Å²) in [5.74, 6) is -1.10. The third-order valence-corrected chi connectivity index (χ3v) is 2.67. The molecule has 0 fully saturated rings. The minimum atomic E-state index is -0.918. The highest BCUT2D eigenvalue weighted by Crippen LogP contribution is 2.30. The van der Waals surface area contributed by atoms with Gasteiger partial charge in [-0.05, 0) is 18.2 Å². The Hall–Kier alpha value is -2.55. The average molecular weight is 245 g/mol. The SMILES string of the molecule is N#Cc1ccc2c(c1)N(CCC(=O)O)CC(=O)N2. The quantitative estimate of drug-likeness (QED) is 0.821. The van der Waals surface area contributed by atoms with Crippen molar-refractivity contribution in [2.75, 3.05) is 23.3 Å². The van der Waals surface area contributed by atoms with Gasteiger partial charge in [-0.1, -0.05) is 0 Å². The number of carboxylic acid groups (broad SMARTS) is 1. The van der Waals surface area contributed by atoms with Gasteiger partial charge in [-0.2, -0.15) is 5.26 Å². The van der Waals surface area contributed by atoms with Gasteiger partial charge in [-0.25, -0.2) is 0 Å². The lowest BCUT2D eigenvalue weighted by molar-refractivity contribution is -0.136. The monoisotopic (exact) mass is 245 g/mol. The summed E-state index contributed by atoms with van der Waals surface area (Å²) in [5, 5.41) is 20.2. The molecule has 1 aliphatic rings. The number of rotatable bonds is 3. The van der Waals surface area contributed by atoms with Crippen molar-refractivity contribution in [2.24, 2.45) is 0 Å². The number of anilines is 2. The van der Waals surface area contributed by atoms with Gasteiger partial charge in [0.2, 0.25) is 5.91 Å². The number of benzene rings is 1.